The number of hydrogen-bond donors (Lipinski definition) is 0. The first-order valence-corrected chi connectivity index (χ1v) is 10.7. The van der Waals surface area contributed by atoms with E-state index in [-0.39, 0.29) is 0 Å². The molecule has 0 radical (unpaired) electrons. The summed E-state index contributed by atoms with van der Waals surface area (Å²) in [4.78, 5) is 2.93. The molecule has 134 valence electrons. The molecule has 0 amide bonds. The van der Waals surface area contributed by atoms with Gasteiger partial charge in [0.25, 0.3) is 0 Å². The molecule has 4 nitrogen and oxygen atoms in total. The maximum absolute atomic E-state index is 12.8. The van der Waals surface area contributed by atoms with Crippen LogP contribution < -0.4 is 0 Å². The summed E-state index contributed by atoms with van der Waals surface area (Å²) >= 11 is 5.86. The average Bonchev–Trinajstić information content (AvgIpc) is 2.54. The van der Waals surface area contributed by atoms with E-state index in [1.807, 2.05) is 0 Å². The van der Waals surface area contributed by atoms with Gasteiger partial charge in [0.2, 0.25) is 10.0 Å². The van der Waals surface area contributed by atoms with Gasteiger partial charge in [-0.25, -0.2) is 8.42 Å². The SMILES string of the molecule is C[C@H]1C[C@H](C)CN(C2CCN(S(=O)(=O)c3ccc(Cl)cc3)CC2)C1. The first kappa shape index (κ1) is 18.2. The average molecular weight is 371 g/mol. The van der Waals surface area contributed by atoms with Gasteiger partial charge in [-0.05, 0) is 55.4 Å². The van der Waals surface area contributed by atoms with Crippen LogP contribution in [0.3, 0.4) is 0 Å². The summed E-state index contributed by atoms with van der Waals surface area (Å²) in [5, 5.41) is 0.556. The molecule has 2 aliphatic heterocycles. The van der Waals surface area contributed by atoms with Crippen LogP contribution in [0.25, 0.3) is 0 Å². The summed E-state index contributed by atoms with van der Waals surface area (Å²) in [7, 11) is -3.40. The molecule has 1 aromatic rings. The predicted octanol–water partition coefficient (Wildman–Crippen LogP) is 3.47. The van der Waals surface area contributed by atoms with Crippen molar-refractivity contribution in [2.45, 2.75) is 44.0 Å². The van der Waals surface area contributed by atoms with E-state index in [4.69, 9.17) is 11.6 Å². The molecule has 0 spiro atoms. The molecule has 0 aliphatic carbocycles. The Kier molecular flexibility index (Phi) is 5.55. The van der Waals surface area contributed by atoms with Gasteiger partial charge in [-0.1, -0.05) is 25.4 Å². The minimum absolute atomic E-state index is 0.338. The van der Waals surface area contributed by atoms with Crippen molar-refractivity contribution < 1.29 is 8.42 Å². The molecule has 0 bridgehead atoms. The fourth-order valence-electron chi connectivity index (χ4n) is 4.21. The van der Waals surface area contributed by atoms with E-state index in [0.29, 0.717) is 29.0 Å². The lowest BCUT2D eigenvalue weighted by molar-refractivity contribution is 0.0689. The Morgan fingerprint density at radius 1 is 1.00 bits per heavy atom. The molecule has 2 aliphatic rings. The zero-order chi connectivity index (χ0) is 17.3. The van der Waals surface area contributed by atoms with E-state index in [1.54, 1.807) is 28.6 Å². The number of piperidine rings is 2. The third-order valence-electron chi connectivity index (χ3n) is 5.29. The van der Waals surface area contributed by atoms with Gasteiger partial charge in [0.1, 0.15) is 0 Å². The van der Waals surface area contributed by atoms with Gasteiger partial charge in [0, 0.05) is 37.2 Å². The summed E-state index contributed by atoms with van der Waals surface area (Å²) < 4.78 is 27.1. The van der Waals surface area contributed by atoms with Crippen LogP contribution in [0.1, 0.15) is 33.1 Å². The van der Waals surface area contributed by atoms with Gasteiger partial charge >= 0.3 is 0 Å². The van der Waals surface area contributed by atoms with Gasteiger partial charge in [0.15, 0.2) is 0 Å². The maximum atomic E-state index is 12.8. The second-order valence-corrected chi connectivity index (χ2v) is 9.86. The van der Waals surface area contributed by atoms with Crippen molar-refractivity contribution in [3.05, 3.63) is 29.3 Å². The Morgan fingerprint density at radius 3 is 2.08 bits per heavy atom. The fraction of sp³-hybridized carbons (Fsp3) is 0.667. The third-order valence-corrected chi connectivity index (χ3v) is 7.45. The van der Waals surface area contributed by atoms with Crippen LogP contribution in [0.5, 0.6) is 0 Å². The van der Waals surface area contributed by atoms with Crippen LogP contribution in [0.15, 0.2) is 29.2 Å². The molecule has 0 saturated carbocycles. The quantitative estimate of drug-likeness (QED) is 0.817. The highest BCUT2D eigenvalue weighted by Crippen LogP contribution is 2.28. The Hall–Kier alpha value is -0.620. The minimum atomic E-state index is -3.40. The number of halogens is 1. The van der Waals surface area contributed by atoms with Gasteiger partial charge in [0.05, 0.1) is 4.90 Å². The molecule has 1 aromatic carbocycles. The monoisotopic (exact) mass is 370 g/mol. The van der Waals surface area contributed by atoms with Gasteiger partial charge in [-0.3, -0.25) is 4.90 Å². The first-order valence-electron chi connectivity index (χ1n) is 8.86. The second kappa shape index (κ2) is 7.32. The molecule has 0 N–H and O–H groups in total. The summed E-state index contributed by atoms with van der Waals surface area (Å²) in [5.41, 5.74) is 0. The molecule has 2 fully saturated rings. The molecule has 0 unspecified atom stereocenters. The number of nitrogens with zero attached hydrogens (tertiary/aromatic N) is 2. The lowest BCUT2D eigenvalue weighted by Crippen LogP contribution is -2.50. The highest BCUT2D eigenvalue weighted by atomic mass is 35.5. The number of likely N-dealkylation sites (tertiary alicyclic amines) is 1. The summed E-state index contributed by atoms with van der Waals surface area (Å²) in [6, 6.07) is 6.98. The smallest absolute Gasteiger partial charge is 0.243 e. The summed E-state index contributed by atoms with van der Waals surface area (Å²) in [5.74, 6) is 1.48. The van der Waals surface area contributed by atoms with Crippen molar-refractivity contribution in [1.82, 2.24) is 9.21 Å². The number of sulfonamides is 1. The Morgan fingerprint density at radius 2 is 1.54 bits per heavy atom. The molecular weight excluding hydrogens is 344 g/mol. The van der Waals surface area contributed by atoms with Gasteiger partial charge in [-0.15, -0.1) is 0 Å². The summed E-state index contributed by atoms with van der Waals surface area (Å²) in [6.07, 6.45) is 3.15. The van der Waals surface area contributed by atoms with E-state index in [0.717, 1.165) is 37.8 Å². The van der Waals surface area contributed by atoms with Gasteiger partial charge < -0.3 is 0 Å². The van der Waals surface area contributed by atoms with Crippen molar-refractivity contribution in [3.8, 4) is 0 Å². The van der Waals surface area contributed by atoms with Crippen molar-refractivity contribution in [1.29, 1.82) is 0 Å². The van der Waals surface area contributed by atoms with Crippen LogP contribution >= 0.6 is 11.6 Å². The molecule has 0 aromatic heterocycles. The lowest BCUT2D eigenvalue weighted by Gasteiger charge is -2.43. The molecule has 3 rings (SSSR count). The van der Waals surface area contributed by atoms with Crippen molar-refractivity contribution >= 4 is 21.6 Å². The largest absolute Gasteiger partial charge is 0.300 e. The van der Waals surface area contributed by atoms with Crippen LogP contribution in [0.2, 0.25) is 5.02 Å². The van der Waals surface area contributed by atoms with E-state index in [1.165, 1.54) is 6.42 Å². The van der Waals surface area contributed by atoms with Crippen LogP contribution in [-0.2, 0) is 10.0 Å². The zero-order valence-electron chi connectivity index (χ0n) is 14.5. The normalized spacial score (nSPS) is 28.1. The van der Waals surface area contributed by atoms with Crippen LogP contribution in [-0.4, -0.2) is 49.8 Å². The van der Waals surface area contributed by atoms with E-state index in [9.17, 15) is 8.42 Å². The van der Waals surface area contributed by atoms with E-state index < -0.39 is 10.0 Å². The highest BCUT2D eigenvalue weighted by Gasteiger charge is 2.33. The predicted molar refractivity (Wildman–Crippen MR) is 97.8 cm³/mol. The summed E-state index contributed by atoms with van der Waals surface area (Å²) in [6.45, 7) is 8.16. The number of rotatable bonds is 3. The minimum Gasteiger partial charge on any atom is -0.300 e. The topological polar surface area (TPSA) is 40.6 Å². The lowest BCUT2D eigenvalue weighted by atomic mass is 9.89. The highest BCUT2D eigenvalue weighted by molar-refractivity contribution is 7.89. The molecule has 2 heterocycles. The standard InChI is InChI=1S/C18H27ClN2O2S/c1-14-11-15(2)13-20(12-14)17-7-9-21(10-8-17)24(22,23)18-5-3-16(19)4-6-18/h3-6,14-15,17H,7-13H2,1-2H3/t14-,15-/m0/s1. The number of benzene rings is 1. The van der Waals surface area contributed by atoms with Crippen LogP contribution in [0, 0.1) is 11.8 Å². The second-order valence-electron chi connectivity index (χ2n) is 7.49. The van der Waals surface area contributed by atoms with Crippen molar-refractivity contribution in [2.24, 2.45) is 11.8 Å². The third kappa shape index (κ3) is 3.96. The number of hydrogen-bond acceptors (Lipinski definition) is 3. The molecular formula is C18H27ClN2O2S. The van der Waals surface area contributed by atoms with Crippen molar-refractivity contribution in [2.75, 3.05) is 26.2 Å². The first-order chi connectivity index (χ1) is 11.4. The Labute approximate surface area is 150 Å². The zero-order valence-corrected chi connectivity index (χ0v) is 16.1. The van der Waals surface area contributed by atoms with E-state index in [2.05, 4.69) is 18.7 Å². The van der Waals surface area contributed by atoms with E-state index >= 15 is 0 Å². The molecule has 6 heteroatoms. The fourth-order valence-corrected chi connectivity index (χ4v) is 5.81. The molecule has 2 atom stereocenters. The Balaban J connectivity index is 1.63. The molecule has 24 heavy (non-hydrogen) atoms. The Bertz CT molecular complexity index is 644. The van der Waals surface area contributed by atoms with Crippen molar-refractivity contribution in [3.63, 3.8) is 0 Å². The van der Waals surface area contributed by atoms with Crippen LogP contribution in [0.4, 0.5) is 0 Å². The maximum Gasteiger partial charge on any atom is 0.243 e. The molecule has 2 saturated heterocycles. The van der Waals surface area contributed by atoms with Gasteiger partial charge in [-0.2, -0.15) is 4.31 Å².